The summed E-state index contributed by atoms with van der Waals surface area (Å²) in [7, 11) is 0. The predicted molar refractivity (Wildman–Crippen MR) is 157 cm³/mol. The van der Waals surface area contributed by atoms with Crippen LogP contribution in [0.3, 0.4) is 0 Å². The van der Waals surface area contributed by atoms with Crippen LogP contribution in [0.1, 0.15) is 105 Å². The van der Waals surface area contributed by atoms with Crippen LogP contribution in [0.2, 0.25) is 0 Å². The third-order valence-corrected chi connectivity index (χ3v) is 11.8. The molecule has 7 N–H and O–H groups in total. The lowest BCUT2D eigenvalue weighted by molar-refractivity contribution is -0.123. The molecule has 0 spiro atoms. The van der Waals surface area contributed by atoms with Gasteiger partial charge in [0.2, 0.25) is 0 Å². The van der Waals surface area contributed by atoms with E-state index in [4.69, 9.17) is 30.6 Å². The number of allylic oxidation sites excluding steroid dienone is 1. The van der Waals surface area contributed by atoms with E-state index in [0.29, 0.717) is 10.8 Å². The SMILES string of the molecule is CC(C)CCC[C@@H](C)[C@H]1CC[C@H]2[C@@H]3CC=C4C[C@@H](O)CC[C@]4(C)[C@H]3CC[C@]12C.OC[C@@H](O)[C@@H](O)[C@H](O)[C@H](O)CO. The fraction of sp³-hybridized carbons (Fsp3) is 0.939. The van der Waals surface area contributed by atoms with Crippen LogP contribution in [0.4, 0.5) is 0 Å². The molecule has 0 heterocycles. The zero-order chi connectivity index (χ0) is 29.8. The highest BCUT2D eigenvalue weighted by Crippen LogP contribution is 2.67. The fourth-order valence-corrected chi connectivity index (χ4v) is 9.34. The summed E-state index contributed by atoms with van der Waals surface area (Å²) in [6, 6.07) is 0. The Morgan fingerprint density at radius 3 is 2.02 bits per heavy atom. The van der Waals surface area contributed by atoms with Crippen molar-refractivity contribution < 1.29 is 35.7 Å². The third-order valence-electron chi connectivity index (χ3n) is 11.8. The Hall–Kier alpha value is -0.540. The first-order valence-electron chi connectivity index (χ1n) is 16.1. The minimum atomic E-state index is -1.67. The maximum atomic E-state index is 10.2. The third kappa shape index (κ3) is 7.15. The van der Waals surface area contributed by atoms with Crippen molar-refractivity contribution in [3.05, 3.63) is 11.6 Å². The maximum Gasteiger partial charge on any atom is 0.111 e. The van der Waals surface area contributed by atoms with E-state index in [1.807, 2.05) is 0 Å². The number of rotatable bonds is 10. The Morgan fingerprint density at radius 1 is 0.825 bits per heavy atom. The summed E-state index contributed by atoms with van der Waals surface area (Å²) >= 11 is 0. The molecule has 3 saturated carbocycles. The van der Waals surface area contributed by atoms with E-state index in [2.05, 4.69) is 40.7 Å². The molecule has 0 saturated heterocycles. The molecule has 0 unspecified atom stereocenters. The number of aliphatic hydroxyl groups is 7. The molecule has 234 valence electrons. The van der Waals surface area contributed by atoms with Gasteiger partial charge in [-0.2, -0.15) is 0 Å². The lowest BCUT2D eigenvalue weighted by Gasteiger charge is -2.58. The van der Waals surface area contributed by atoms with Crippen LogP contribution in [-0.4, -0.2) is 79.5 Å². The molecule has 7 heteroatoms. The molecule has 0 amide bonds. The number of fused-ring (bicyclic) bond motifs is 5. The molecule has 0 aromatic heterocycles. The lowest BCUT2D eigenvalue weighted by atomic mass is 9.47. The second kappa shape index (κ2) is 14.3. The first-order chi connectivity index (χ1) is 18.8. The zero-order valence-electron chi connectivity index (χ0n) is 25.8. The standard InChI is InChI=1S/C27H46O.C6H14O6/c1-18(2)7-6-8-19(3)23-11-12-24-22-10-9-20-17-21(28)13-15-26(20,4)25(22)14-16-27(23,24)5;7-1-3(9)5(11)6(12)4(10)2-8/h9,18-19,21-25,28H,6-8,10-17H2,1-5H3;3-12H,1-2H2/t19-,21+,22+,23-,24+,25+,26+,27-;3-,4-,5-,6-/m11/s1. The number of hydrogen-bond acceptors (Lipinski definition) is 7. The summed E-state index contributed by atoms with van der Waals surface area (Å²) < 4.78 is 0. The largest absolute Gasteiger partial charge is 0.394 e. The zero-order valence-corrected chi connectivity index (χ0v) is 25.8. The molecule has 4 aliphatic carbocycles. The van der Waals surface area contributed by atoms with Gasteiger partial charge in [-0.25, -0.2) is 0 Å². The highest BCUT2D eigenvalue weighted by molar-refractivity contribution is 5.25. The summed E-state index contributed by atoms with van der Waals surface area (Å²) in [5, 5.41) is 62.4. The lowest BCUT2D eigenvalue weighted by Crippen LogP contribution is -2.50. The fourth-order valence-electron chi connectivity index (χ4n) is 9.34. The van der Waals surface area contributed by atoms with Gasteiger partial charge in [0, 0.05) is 0 Å². The van der Waals surface area contributed by atoms with E-state index < -0.39 is 37.6 Å². The van der Waals surface area contributed by atoms with Crippen molar-refractivity contribution in [3.63, 3.8) is 0 Å². The maximum absolute atomic E-state index is 10.2. The van der Waals surface area contributed by atoms with Gasteiger partial charge in [-0.3, -0.25) is 0 Å². The molecule has 4 rings (SSSR count). The van der Waals surface area contributed by atoms with Crippen LogP contribution in [0, 0.1) is 46.3 Å². The minimum absolute atomic E-state index is 0.0766. The van der Waals surface area contributed by atoms with Gasteiger partial charge in [-0.05, 0) is 97.7 Å². The van der Waals surface area contributed by atoms with Gasteiger partial charge in [0.05, 0.1) is 19.3 Å². The molecular weight excluding hydrogens is 508 g/mol. The second-order valence-electron chi connectivity index (χ2n) is 14.7. The van der Waals surface area contributed by atoms with Crippen molar-refractivity contribution in [2.24, 2.45) is 46.3 Å². The summed E-state index contributed by atoms with van der Waals surface area (Å²) in [6.45, 7) is 11.1. The van der Waals surface area contributed by atoms with Crippen molar-refractivity contribution in [1.29, 1.82) is 0 Å². The van der Waals surface area contributed by atoms with Gasteiger partial charge in [0.25, 0.3) is 0 Å². The van der Waals surface area contributed by atoms with Gasteiger partial charge < -0.3 is 35.7 Å². The molecule has 0 bridgehead atoms. The highest BCUT2D eigenvalue weighted by Gasteiger charge is 2.59. The van der Waals surface area contributed by atoms with Crippen molar-refractivity contribution in [1.82, 2.24) is 0 Å². The van der Waals surface area contributed by atoms with Crippen molar-refractivity contribution in [2.75, 3.05) is 13.2 Å². The van der Waals surface area contributed by atoms with E-state index >= 15 is 0 Å². The van der Waals surface area contributed by atoms with E-state index in [9.17, 15) is 5.11 Å². The summed E-state index contributed by atoms with van der Waals surface area (Å²) in [6.07, 6.45) is 10.8. The Balaban J connectivity index is 0.000000312. The average molecular weight is 569 g/mol. The van der Waals surface area contributed by atoms with Crippen LogP contribution in [0.25, 0.3) is 0 Å². The monoisotopic (exact) mass is 568 g/mol. The smallest absolute Gasteiger partial charge is 0.111 e. The van der Waals surface area contributed by atoms with Crippen LogP contribution >= 0.6 is 0 Å². The molecule has 0 aromatic rings. The summed E-state index contributed by atoms with van der Waals surface area (Å²) in [4.78, 5) is 0. The molecule has 3 fully saturated rings. The van der Waals surface area contributed by atoms with Crippen LogP contribution in [-0.2, 0) is 0 Å². The number of hydrogen-bond donors (Lipinski definition) is 7. The van der Waals surface area contributed by atoms with Gasteiger partial charge in [0.1, 0.15) is 24.4 Å². The van der Waals surface area contributed by atoms with Gasteiger partial charge in [0.15, 0.2) is 0 Å². The molecule has 0 aliphatic heterocycles. The Labute approximate surface area is 242 Å². The van der Waals surface area contributed by atoms with E-state index in [1.54, 1.807) is 5.57 Å². The normalized spacial score (nSPS) is 39.0. The summed E-state index contributed by atoms with van der Waals surface area (Å²) in [5.74, 6) is 5.46. The summed E-state index contributed by atoms with van der Waals surface area (Å²) in [5.41, 5.74) is 2.60. The van der Waals surface area contributed by atoms with Crippen LogP contribution in [0.5, 0.6) is 0 Å². The van der Waals surface area contributed by atoms with Crippen LogP contribution in [0.15, 0.2) is 11.6 Å². The molecule has 7 nitrogen and oxygen atoms in total. The molecular formula is C33H60O7. The average Bonchev–Trinajstić information content (AvgIpc) is 3.29. The first-order valence-corrected chi connectivity index (χ1v) is 16.1. The van der Waals surface area contributed by atoms with E-state index in [1.165, 1.54) is 57.8 Å². The molecule has 12 atom stereocenters. The molecule has 0 aromatic carbocycles. The quantitative estimate of drug-likeness (QED) is 0.199. The Bertz CT molecular complexity index is 803. The van der Waals surface area contributed by atoms with Crippen molar-refractivity contribution in [2.45, 2.75) is 136 Å². The Morgan fingerprint density at radius 2 is 1.45 bits per heavy atom. The van der Waals surface area contributed by atoms with Gasteiger partial charge in [-0.1, -0.05) is 65.5 Å². The van der Waals surface area contributed by atoms with Gasteiger partial charge in [-0.15, -0.1) is 0 Å². The predicted octanol–water partition coefficient (Wildman–Crippen LogP) is 3.80. The Kier molecular flexibility index (Phi) is 12.1. The highest BCUT2D eigenvalue weighted by atomic mass is 16.4. The van der Waals surface area contributed by atoms with Gasteiger partial charge >= 0.3 is 0 Å². The topological polar surface area (TPSA) is 142 Å². The van der Waals surface area contributed by atoms with E-state index in [0.717, 1.165) is 48.3 Å². The molecule has 0 radical (unpaired) electrons. The molecule has 40 heavy (non-hydrogen) atoms. The minimum Gasteiger partial charge on any atom is -0.394 e. The first kappa shape index (κ1) is 34.0. The number of aliphatic hydroxyl groups excluding tert-OH is 7. The molecule has 4 aliphatic rings. The van der Waals surface area contributed by atoms with E-state index in [-0.39, 0.29) is 6.10 Å². The second-order valence-corrected chi connectivity index (χ2v) is 14.7. The van der Waals surface area contributed by atoms with Crippen LogP contribution < -0.4 is 0 Å². The van der Waals surface area contributed by atoms with Crippen molar-refractivity contribution >= 4 is 0 Å². The van der Waals surface area contributed by atoms with Crippen molar-refractivity contribution in [3.8, 4) is 0 Å².